The van der Waals surface area contributed by atoms with E-state index in [0.717, 1.165) is 10.5 Å². The molecule has 188 valence electrons. The molecule has 0 spiro atoms. The lowest BCUT2D eigenvalue weighted by Gasteiger charge is -2.19. The molecule has 2 N–H and O–H groups in total. The molecule has 3 amide bonds. The van der Waals surface area contributed by atoms with Crippen LogP contribution in [0.1, 0.15) is 15.9 Å². The molecular weight excluding hydrogens is 498 g/mol. The minimum atomic E-state index is -0.649. The molecule has 0 aromatic heterocycles. The van der Waals surface area contributed by atoms with Crippen molar-refractivity contribution < 1.29 is 28.6 Å². The summed E-state index contributed by atoms with van der Waals surface area (Å²) in [5.74, 6) is 0.143. The number of methoxy groups -OCH3 is 1. The molecule has 2 aliphatic heterocycles. The first-order valence-electron chi connectivity index (χ1n) is 11.4. The van der Waals surface area contributed by atoms with E-state index < -0.39 is 11.8 Å². The summed E-state index contributed by atoms with van der Waals surface area (Å²) in [5.41, 5.74) is 2.37. The average molecular weight is 520 g/mol. The van der Waals surface area contributed by atoms with Crippen molar-refractivity contribution in [3.05, 3.63) is 82.5 Å². The minimum Gasteiger partial charge on any atom is -0.497 e. The Morgan fingerprint density at radius 1 is 0.946 bits per heavy atom. The molecule has 2 heterocycles. The Morgan fingerprint density at radius 3 is 2.41 bits per heavy atom. The second-order valence-corrected chi connectivity index (χ2v) is 8.68. The zero-order valence-electron chi connectivity index (χ0n) is 20.0. The van der Waals surface area contributed by atoms with Crippen LogP contribution in [0.5, 0.6) is 17.2 Å². The quantitative estimate of drug-likeness (QED) is 0.463. The van der Waals surface area contributed by atoms with Crippen molar-refractivity contribution in [3.63, 3.8) is 0 Å². The van der Waals surface area contributed by atoms with Gasteiger partial charge in [-0.25, -0.2) is 4.90 Å². The van der Waals surface area contributed by atoms with E-state index in [-0.39, 0.29) is 16.6 Å². The lowest BCUT2D eigenvalue weighted by Crippen LogP contribution is -2.32. The Kier molecular flexibility index (Phi) is 6.45. The topological polar surface area (TPSA) is 106 Å². The van der Waals surface area contributed by atoms with E-state index in [1.807, 2.05) is 6.92 Å². The molecule has 3 aromatic carbocycles. The molecular formula is C27H22ClN3O6. The van der Waals surface area contributed by atoms with E-state index in [9.17, 15) is 14.4 Å². The summed E-state index contributed by atoms with van der Waals surface area (Å²) in [6.45, 7) is 2.72. The van der Waals surface area contributed by atoms with Crippen LogP contribution in [0.3, 0.4) is 0 Å². The van der Waals surface area contributed by atoms with Crippen molar-refractivity contribution in [2.24, 2.45) is 0 Å². The van der Waals surface area contributed by atoms with Gasteiger partial charge in [0.25, 0.3) is 17.7 Å². The predicted molar refractivity (Wildman–Crippen MR) is 139 cm³/mol. The number of halogens is 1. The Bertz CT molecular complexity index is 1450. The van der Waals surface area contributed by atoms with Crippen molar-refractivity contribution >= 4 is 46.4 Å². The number of carbonyl (C=O) groups is 3. The van der Waals surface area contributed by atoms with Crippen LogP contribution in [0.4, 0.5) is 17.1 Å². The lowest BCUT2D eigenvalue weighted by molar-refractivity contribution is -0.120. The maximum atomic E-state index is 13.1. The van der Waals surface area contributed by atoms with E-state index in [2.05, 4.69) is 10.6 Å². The average Bonchev–Trinajstić information content (AvgIpc) is 3.12. The highest BCUT2D eigenvalue weighted by atomic mass is 35.5. The van der Waals surface area contributed by atoms with Crippen LogP contribution in [0.2, 0.25) is 0 Å². The predicted octanol–water partition coefficient (Wildman–Crippen LogP) is 4.46. The number of amides is 3. The van der Waals surface area contributed by atoms with Crippen molar-refractivity contribution in [1.82, 2.24) is 0 Å². The monoisotopic (exact) mass is 519 g/mol. The second-order valence-electron chi connectivity index (χ2n) is 8.30. The molecule has 0 atom stereocenters. The van der Waals surface area contributed by atoms with Crippen molar-refractivity contribution in [1.29, 1.82) is 0 Å². The number of carbonyl (C=O) groups excluding carboxylic acids is 3. The van der Waals surface area contributed by atoms with E-state index in [4.69, 9.17) is 25.8 Å². The van der Waals surface area contributed by atoms with Crippen LogP contribution in [0, 0.1) is 6.92 Å². The molecule has 0 saturated carbocycles. The summed E-state index contributed by atoms with van der Waals surface area (Å²) < 4.78 is 16.2. The van der Waals surface area contributed by atoms with Crippen molar-refractivity contribution in [3.8, 4) is 17.2 Å². The number of fused-ring (bicyclic) bond motifs is 1. The summed E-state index contributed by atoms with van der Waals surface area (Å²) in [4.78, 5) is 39.9. The number of aryl methyl sites for hydroxylation is 1. The van der Waals surface area contributed by atoms with Gasteiger partial charge in [-0.3, -0.25) is 14.4 Å². The van der Waals surface area contributed by atoms with Gasteiger partial charge in [0, 0.05) is 23.0 Å². The highest BCUT2D eigenvalue weighted by Gasteiger charge is 2.39. The van der Waals surface area contributed by atoms with Crippen LogP contribution >= 0.6 is 11.6 Å². The van der Waals surface area contributed by atoms with E-state index in [1.165, 1.54) is 7.11 Å². The highest BCUT2D eigenvalue weighted by Crippen LogP contribution is 2.34. The summed E-state index contributed by atoms with van der Waals surface area (Å²) in [6.07, 6.45) is 0. The maximum Gasteiger partial charge on any atom is 0.283 e. The third kappa shape index (κ3) is 4.68. The largest absolute Gasteiger partial charge is 0.497 e. The smallest absolute Gasteiger partial charge is 0.283 e. The number of benzene rings is 3. The molecule has 2 aliphatic rings. The zero-order valence-corrected chi connectivity index (χ0v) is 20.7. The van der Waals surface area contributed by atoms with Gasteiger partial charge in [0.05, 0.1) is 12.8 Å². The third-order valence-corrected chi connectivity index (χ3v) is 6.27. The van der Waals surface area contributed by atoms with Gasteiger partial charge in [0.15, 0.2) is 11.5 Å². The van der Waals surface area contributed by atoms with Crippen LogP contribution in [0.15, 0.2) is 71.4 Å². The van der Waals surface area contributed by atoms with Crippen molar-refractivity contribution in [2.45, 2.75) is 6.92 Å². The first-order valence-corrected chi connectivity index (χ1v) is 11.7. The van der Waals surface area contributed by atoms with Crippen LogP contribution in [-0.4, -0.2) is 38.0 Å². The Labute approximate surface area is 217 Å². The fourth-order valence-corrected chi connectivity index (χ4v) is 4.15. The molecule has 37 heavy (non-hydrogen) atoms. The first-order chi connectivity index (χ1) is 17.9. The number of imide groups is 1. The van der Waals surface area contributed by atoms with E-state index in [1.54, 1.807) is 60.7 Å². The number of hydrogen-bond acceptors (Lipinski definition) is 7. The summed E-state index contributed by atoms with van der Waals surface area (Å²) >= 11 is 6.28. The molecule has 0 bridgehead atoms. The Balaban J connectivity index is 1.35. The summed E-state index contributed by atoms with van der Waals surface area (Å²) in [6, 6.07) is 16.6. The van der Waals surface area contributed by atoms with Gasteiger partial charge in [-0.2, -0.15) is 0 Å². The molecule has 9 nitrogen and oxygen atoms in total. The fourth-order valence-electron chi connectivity index (χ4n) is 3.93. The third-order valence-electron chi connectivity index (χ3n) is 5.92. The highest BCUT2D eigenvalue weighted by molar-refractivity contribution is 6.53. The lowest BCUT2D eigenvalue weighted by atomic mass is 10.1. The van der Waals surface area contributed by atoms with E-state index >= 15 is 0 Å². The van der Waals surface area contributed by atoms with Crippen LogP contribution in [-0.2, 0) is 9.59 Å². The number of nitrogens with zero attached hydrogens (tertiary/aromatic N) is 1. The number of rotatable bonds is 6. The molecule has 0 radical (unpaired) electrons. The van der Waals surface area contributed by atoms with E-state index in [0.29, 0.717) is 53.1 Å². The summed E-state index contributed by atoms with van der Waals surface area (Å²) in [5, 5.41) is 5.54. The summed E-state index contributed by atoms with van der Waals surface area (Å²) in [7, 11) is 1.52. The SMILES string of the molecule is COc1ccc(N2C(=O)C(Cl)=C(Nc3cc(C(=O)Nc4ccc5c(c4)OCCO5)ccc3C)C2=O)cc1. The standard InChI is InChI=1S/C27H22ClN3O6/c1-15-3-4-16(25(32)29-17-5-10-21-22(14-17)37-12-11-36-21)13-20(15)30-24-23(28)26(33)31(27(24)34)18-6-8-19(35-2)9-7-18/h3-10,13-14,30H,11-12H2,1-2H3,(H,29,32). The van der Waals surface area contributed by atoms with Gasteiger partial charge in [-0.1, -0.05) is 17.7 Å². The number of ether oxygens (including phenoxy) is 3. The Morgan fingerprint density at radius 2 is 1.68 bits per heavy atom. The molecule has 10 heteroatoms. The number of nitrogens with one attached hydrogen (secondary N) is 2. The van der Waals surface area contributed by atoms with Crippen LogP contribution in [0.25, 0.3) is 0 Å². The fraction of sp³-hybridized carbons (Fsp3) is 0.148. The second kappa shape index (κ2) is 9.87. The van der Waals surface area contributed by atoms with Gasteiger partial charge < -0.3 is 24.8 Å². The van der Waals surface area contributed by atoms with Gasteiger partial charge in [-0.05, 0) is 61.0 Å². The molecule has 0 aliphatic carbocycles. The van der Waals surface area contributed by atoms with Gasteiger partial charge >= 0.3 is 0 Å². The van der Waals surface area contributed by atoms with Crippen molar-refractivity contribution in [2.75, 3.05) is 35.9 Å². The number of anilines is 3. The maximum absolute atomic E-state index is 13.1. The van der Waals surface area contributed by atoms with Gasteiger partial charge in [0.2, 0.25) is 0 Å². The molecule has 0 fully saturated rings. The molecule has 0 saturated heterocycles. The zero-order chi connectivity index (χ0) is 26.1. The molecule has 3 aromatic rings. The first kappa shape index (κ1) is 24.2. The van der Waals surface area contributed by atoms with Gasteiger partial charge in [-0.15, -0.1) is 0 Å². The molecule has 0 unspecified atom stereocenters. The van der Waals surface area contributed by atoms with Gasteiger partial charge in [0.1, 0.15) is 29.7 Å². The normalized spacial score (nSPS) is 14.6. The molecule has 5 rings (SSSR count). The van der Waals surface area contributed by atoms with Crippen LogP contribution < -0.4 is 29.7 Å². The number of hydrogen-bond donors (Lipinski definition) is 2. The minimum absolute atomic E-state index is 0.0741. The Hall–Kier alpha value is -4.50.